The molecule has 0 unspecified atom stereocenters. The van der Waals surface area contributed by atoms with Crippen molar-refractivity contribution in [1.82, 2.24) is 10.2 Å². The van der Waals surface area contributed by atoms with Crippen molar-refractivity contribution >= 4 is 11.8 Å². The number of rotatable bonds is 4. The number of nitrogens with one attached hydrogen (secondary N) is 1. The van der Waals surface area contributed by atoms with Crippen molar-refractivity contribution in [3.05, 3.63) is 47.9 Å². The number of furan rings is 1. The fourth-order valence-corrected chi connectivity index (χ4v) is 3.29. The van der Waals surface area contributed by atoms with Gasteiger partial charge in [-0.15, -0.1) is 0 Å². The minimum atomic E-state index is -0.116. The average Bonchev–Trinajstić information content (AvgIpc) is 3.37. The third kappa shape index (κ3) is 3.37. The molecule has 4 rings (SSSR count). The molecule has 1 N–H and O–H groups in total. The number of carbonyl (C=O) groups excluding carboxylic acids is 2. The van der Waals surface area contributed by atoms with Crippen LogP contribution in [0.15, 0.2) is 41.0 Å². The van der Waals surface area contributed by atoms with Crippen LogP contribution in [0.2, 0.25) is 0 Å². The Hall–Kier alpha value is -2.96. The molecule has 136 valence electrons. The summed E-state index contributed by atoms with van der Waals surface area (Å²) in [5.41, 5.74) is 0.966. The maximum atomic E-state index is 12.4. The van der Waals surface area contributed by atoms with E-state index in [-0.39, 0.29) is 24.5 Å². The van der Waals surface area contributed by atoms with Gasteiger partial charge in [0, 0.05) is 25.6 Å². The van der Waals surface area contributed by atoms with Gasteiger partial charge in [0.25, 0.3) is 5.91 Å². The van der Waals surface area contributed by atoms with Crippen LogP contribution in [0.3, 0.4) is 0 Å². The summed E-state index contributed by atoms with van der Waals surface area (Å²) in [6.07, 6.45) is 2.79. The normalized spacial score (nSPS) is 16.5. The van der Waals surface area contributed by atoms with E-state index in [2.05, 4.69) is 5.32 Å². The molecule has 0 saturated carbocycles. The van der Waals surface area contributed by atoms with E-state index >= 15 is 0 Å². The predicted molar refractivity (Wildman–Crippen MR) is 91.7 cm³/mol. The van der Waals surface area contributed by atoms with Gasteiger partial charge < -0.3 is 24.1 Å². The molecule has 1 fully saturated rings. The van der Waals surface area contributed by atoms with Gasteiger partial charge in [-0.05, 0) is 42.7 Å². The molecule has 0 aliphatic carbocycles. The molecule has 1 aromatic carbocycles. The largest absolute Gasteiger partial charge is 0.459 e. The quantitative estimate of drug-likeness (QED) is 0.908. The van der Waals surface area contributed by atoms with E-state index < -0.39 is 0 Å². The van der Waals surface area contributed by atoms with Gasteiger partial charge >= 0.3 is 0 Å². The molecule has 7 nitrogen and oxygen atoms in total. The summed E-state index contributed by atoms with van der Waals surface area (Å²) in [5.74, 6) is 1.61. The highest BCUT2D eigenvalue weighted by atomic mass is 16.7. The van der Waals surface area contributed by atoms with Crippen LogP contribution < -0.4 is 14.8 Å². The number of likely N-dealkylation sites (tertiary alicyclic amines) is 1. The molecule has 0 atom stereocenters. The van der Waals surface area contributed by atoms with Crippen molar-refractivity contribution in [2.45, 2.75) is 19.4 Å². The lowest BCUT2D eigenvalue weighted by molar-refractivity contribution is -0.126. The third-order valence-electron chi connectivity index (χ3n) is 4.79. The van der Waals surface area contributed by atoms with Crippen molar-refractivity contribution in [1.29, 1.82) is 0 Å². The minimum absolute atomic E-state index is 0.0211. The van der Waals surface area contributed by atoms with Crippen molar-refractivity contribution < 1.29 is 23.5 Å². The summed E-state index contributed by atoms with van der Waals surface area (Å²) in [6.45, 7) is 1.80. The van der Waals surface area contributed by atoms with E-state index in [1.165, 1.54) is 6.26 Å². The van der Waals surface area contributed by atoms with Crippen LogP contribution in [0.4, 0.5) is 0 Å². The molecule has 0 bridgehead atoms. The van der Waals surface area contributed by atoms with Crippen LogP contribution in [0.1, 0.15) is 29.0 Å². The fraction of sp³-hybridized carbons (Fsp3) is 0.368. The highest BCUT2D eigenvalue weighted by Crippen LogP contribution is 2.32. The molecule has 1 aromatic heterocycles. The predicted octanol–water partition coefficient (Wildman–Crippen LogP) is 2.18. The number of fused-ring (bicyclic) bond motifs is 1. The van der Waals surface area contributed by atoms with Gasteiger partial charge in [-0.3, -0.25) is 9.59 Å². The molecule has 3 heterocycles. The van der Waals surface area contributed by atoms with Crippen LogP contribution in [0.5, 0.6) is 11.5 Å². The van der Waals surface area contributed by atoms with E-state index in [9.17, 15) is 9.59 Å². The molecular formula is C19H20N2O5. The van der Waals surface area contributed by atoms with Crippen molar-refractivity contribution in [2.75, 3.05) is 19.9 Å². The zero-order valence-electron chi connectivity index (χ0n) is 14.3. The summed E-state index contributed by atoms with van der Waals surface area (Å²) in [5, 5.41) is 2.97. The van der Waals surface area contributed by atoms with Crippen molar-refractivity contribution in [2.24, 2.45) is 5.92 Å². The molecule has 26 heavy (non-hydrogen) atoms. The van der Waals surface area contributed by atoms with E-state index in [0.717, 1.165) is 11.3 Å². The number of benzene rings is 1. The van der Waals surface area contributed by atoms with E-state index in [4.69, 9.17) is 13.9 Å². The van der Waals surface area contributed by atoms with Crippen molar-refractivity contribution in [3.63, 3.8) is 0 Å². The highest BCUT2D eigenvalue weighted by molar-refractivity contribution is 5.91. The Morgan fingerprint density at radius 2 is 1.92 bits per heavy atom. The van der Waals surface area contributed by atoms with Gasteiger partial charge in [-0.2, -0.15) is 0 Å². The summed E-state index contributed by atoms with van der Waals surface area (Å²) in [7, 11) is 0. The second kappa shape index (κ2) is 7.11. The van der Waals surface area contributed by atoms with Crippen LogP contribution in [0.25, 0.3) is 0 Å². The molecule has 2 aliphatic heterocycles. The number of piperidine rings is 1. The maximum absolute atomic E-state index is 12.4. The molecule has 0 spiro atoms. The number of nitrogens with zero attached hydrogens (tertiary/aromatic N) is 1. The molecule has 2 aliphatic rings. The Labute approximate surface area is 150 Å². The molecule has 2 aromatic rings. The summed E-state index contributed by atoms with van der Waals surface area (Å²) in [6, 6.07) is 9.00. The molecule has 2 amide bonds. The first kappa shape index (κ1) is 16.5. The van der Waals surface area contributed by atoms with Gasteiger partial charge in [0.1, 0.15) is 0 Å². The van der Waals surface area contributed by atoms with Gasteiger partial charge in [0.05, 0.1) is 6.26 Å². The second-order valence-electron chi connectivity index (χ2n) is 6.45. The Morgan fingerprint density at radius 1 is 1.12 bits per heavy atom. The van der Waals surface area contributed by atoms with Gasteiger partial charge in [0.15, 0.2) is 17.3 Å². The van der Waals surface area contributed by atoms with E-state index in [0.29, 0.717) is 44.0 Å². The summed E-state index contributed by atoms with van der Waals surface area (Å²) in [4.78, 5) is 26.4. The second-order valence-corrected chi connectivity index (χ2v) is 6.45. The highest BCUT2D eigenvalue weighted by Gasteiger charge is 2.28. The van der Waals surface area contributed by atoms with Crippen molar-refractivity contribution in [3.8, 4) is 11.5 Å². The fourth-order valence-electron chi connectivity index (χ4n) is 3.29. The topological polar surface area (TPSA) is 81.0 Å². The first-order chi connectivity index (χ1) is 12.7. The smallest absolute Gasteiger partial charge is 0.289 e. The average molecular weight is 356 g/mol. The zero-order chi connectivity index (χ0) is 17.9. The maximum Gasteiger partial charge on any atom is 0.289 e. The van der Waals surface area contributed by atoms with Gasteiger partial charge in [-0.25, -0.2) is 0 Å². The summed E-state index contributed by atoms with van der Waals surface area (Å²) >= 11 is 0. The zero-order valence-corrected chi connectivity index (χ0v) is 14.3. The van der Waals surface area contributed by atoms with Crippen LogP contribution in [0, 0.1) is 5.92 Å². The van der Waals surface area contributed by atoms with Crippen LogP contribution in [-0.2, 0) is 11.3 Å². The third-order valence-corrected chi connectivity index (χ3v) is 4.79. The number of ether oxygens (including phenoxy) is 2. The molecule has 7 heteroatoms. The lowest BCUT2D eigenvalue weighted by Gasteiger charge is -2.30. The van der Waals surface area contributed by atoms with Crippen LogP contribution in [-0.4, -0.2) is 36.6 Å². The lowest BCUT2D eigenvalue weighted by Crippen LogP contribution is -2.42. The number of amides is 2. The van der Waals surface area contributed by atoms with E-state index in [1.807, 2.05) is 18.2 Å². The Bertz CT molecular complexity index is 794. The number of hydrogen-bond donors (Lipinski definition) is 1. The van der Waals surface area contributed by atoms with E-state index in [1.54, 1.807) is 17.0 Å². The Morgan fingerprint density at radius 3 is 2.69 bits per heavy atom. The molecule has 1 saturated heterocycles. The summed E-state index contributed by atoms with van der Waals surface area (Å²) < 4.78 is 15.8. The number of carbonyl (C=O) groups is 2. The molecule has 0 radical (unpaired) electrons. The first-order valence-corrected chi connectivity index (χ1v) is 8.70. The SMILES string of the molecule is O=C(NCc1ccc2c(c1)OCO2)C1CCN(C(=O)c2ccco2)CC1. The van der Waals surface area contributed by atoms with Gasteiger partial charge in [-0.1, -0.05) is 6.07 Å². The van der Waals surface area contributed by atoms with Gasteiger partial charge in [0.2, 0.25) is 12.7 Å². The monoisotopic (exact) mass is 356 g/mol. The lowest BCUT2D eigenvalue weighted by atomic mass is 9.95. The van der Waals surface area contributed by atoms with Crippen LogP contribution >= 0.6 is 0 Å². The molecular weight excluding hydrogens is 336 g/mol. The Kier molecular flexibility index (Phi) is 4.51. The Balaban J connectivity index is 1.26. The minimum Gasteiger partial charge on any atom is -0.459 e. The number of hydrogen-bond acceptors (Lipinski definition) is 5. The standard InChI is InChI=1S/C19H20N2O5/c22-18(20-11-13-3-4-15-17(10-13)26-12-25-15)14-5-7-21(8-6-14)19(23)16-2-1-9-24-16/h1-4,9-10,14H,5-8,11-12H2,(H,20,22). The first-order valence-electron chi connectivity index (χ1n) is 8.70.